The van der Waals surface area contributed by atoms with Crippen molar-refractivity contribution < 1.29 is 18.4 Å². The van der Waals surface area contributed by atoms with Gasteiger partial charge in [0.2, 0.25) is 0 Å². The fourth-order valence-corrected chi connectivity index (χ4v) is 3.48. The van der Waals surface area contributed by atoms with Crippen LogP contribution in [-0.2, 0) is 15.6 Å². The van der Waals surface area contributed by atoms with Gasteiger partial charge in [-0.1, -0.05) is 12.1 Å². The Morgan fingerprint density at radius 3 is 2.45 bits per heavy atom. The Bertz CT molecular complexity index is 602. The highest BCUT2D eigenvalue weighted by molar-refractivity contribution is 7.90. The minimum atomic E-state index is -3.42. The van der Waals surface area contributed by atoms with Crippen LogP contribution in [0.5, 0.6) is 0 Å². The van der Waals surface area contributed by atoms with Gasteiger partial charge in [0, 0.05) is 11.6 Å². The van der Waals surface area contributed by atoms with Crippen molar-refractivity contribution in [3.05, 3.63) is 39.4 Å². The maximum Gasteiger partial charge on any atom is 0.272 e. The molecule has 0 aromatic heterocycles. The molecule has 20 heavy (non-hydrogen) atoms. The normalized spacial score (nSPS) is 12.4. The lowest BCUT2D eigenvalue weighted by Crippen LogP contribution is -2.24. The average Bonchev–Trinajstić information content (AvgIpc) is 2.28. The van der Waals surface area contributed by atoms with E-state index >= 15 is 0 Å². The smallest absolute Gasteiger partial charge is 0.272 e. The number of benzene rings is 1. The molecule has 1 N–H and O–H groups in total. The molecule has 0 unspecified atom stereocenters. The van der Waals surface area contributed by atoms with Crippen LogP contribution in [0.4, 0.5) is 5.69 Å². The highest BCUT2D eigenvalue weighted by Crippen LogP contribution is 2.23. The maximum atomic E-state index is 12.0. The van der Waals surface area contributed by atoms with Gasteiger partial charge in [0.25, 0.3) is 5.69 Å². The molecule has 0 aliphatic carbocycles. The maximum absolute atomic E-state index is 12.0. The topological polar surface area (TPSA) is 97.5 Å². The van der Waals surface area contributed by atoms with Crippen LogP contribution in [-0.4, -0.2) is 29.8 Å². The number of sulfone groups is 1. The van der Waals surface area contributed by atoms with Gasteiger partial charge in [-0.25, -0.2) is 8.42 Å². The van der Waals surface area contributed by atoms with E-state index in [1.165, 1.54) is 12.1 Å². The van der Waals surface area contributed by atoms with Crippen molar-refractivity contribution >= 4 is 15.5 Å². The fraction of sp³-hybridized carbons (Fsp3) is 0.538. The van der Waals surface area contributed by atoms with Gasteiger partial charge in [-0.2, -0.15) is 0 Å². The summed E-state index contributed by atoms with van der Waals surface area (Å²) in [7, 11) is -3.42. The molecule has 0 saturated carbocycles. The molecule has 7 heteroatoms. The van der Waals surface area contributed by atoms with Crippen molar-refractivity contribution in [3.8, 4) is 0 Å². The highest BCUT2D eigenvalue weighted by atomic mass is 32.2. The second-order valence-electron chi connectivity index (χ2n) is 5.47. The van der Waals surface area contributed by atoms with E-state index in [1.54, 1.807) is 26.8 Å². The van der Waals surface area contributed by atoms with Crippen LogP contribution in [0.3, 0.4) is 0 Å². The largest absolute Gasteiger partial charge is 0.390 e. The number of aliphatic hydroxyl groups is 1. The van der Waals surface area contributed by atoms with Crippen molar-refractivity contribution in [2.45, 2.75) is 38.5 Å². The van der Waals surface area contributed by atoms with E-state index < -0.39 is 20.4 Å². The number of nitro benzene ring substituents is 1. The molecule has 1 aromatic carbocycles. The van der Waals surface area contributed by atoms with Crippen LogP contribution in [0.2, 0.25) is 0 Å². The first-order chi connectivity index (χ1) is 9.02. The second-order valence-corrected chi connectivity index (χ2v) is 7.66. The molecule has 0 heterocycles. The predicted molar refractivity (Wildman–Crippen MR) is 76.2 cm³/mol. The molecule has 0 saturated heterocycles. The zero-order chi connectivity index (χ0) is 15.6. The van der Waals surface area contributed by atoms with Gasteiger partial charge in [0.1, 0.15) is 0 Å². The summed E-state index contributed by atoms with van der Waals surface area (Å²) in [6.07, 6.45) is 0.128. The van der Waals surface area contributed by atoms with Gasteiger partial charge in [0.05, 0.1) is 22.0 Å². The fourth-order valence-electron chi connectivity index (χ4n) is 1.74. The number of nitro groups is 1. The number of nitrogens with zero attached hydrogens (tertiary/aromatic N) is 1. The number of hydrogen-bond donors (Lipinski definition) is 1. The van der Waals surface area contributed by atoms with E-state index in [0.29, 0.717) is 11.1 Å². The summed E-state index contributed by atoms with van der Waals surface area (Å²) in [5, 5.41) is 20.4. The zero-order valence-corrected chi connectivity index (χ0v) is 12.6. The molecule has 0 amide bonds. The Hall–Kier alpha value is -1.47. The van der Waals surface area contributed by atoms with Crippen molar-refractivity contribution in [2.75, 3.05) is 5.75 Å². The first-order valence-corrected chi connectivity index (χ1v) is 8.00. The zero-order valence-electron chi connectivity index (χ0n) is 11.8. The highest BCUT2D eigenvalue weighted by Gasteiger charge is 2.22. The summed E-state index contributed by atoms with van der Waals surface area (Å²) in [4.78, 5) is 10.3. The van der Waals surface area contributed by atoms with Crippen LogP contribution >= 0.6 is 0 Å². The summed E-state index contributed by atoms with van der Waals surface area (Å²) < 4.78 is 24.0. The molecule has 0 bridgehead atoms. The molecule has 0 aliphatic rings. The number of rotatable bonds is 6. The Kier molecular flexibility index (Phi) is 4.88. The van der Waals surface area contributed by atoms with Crippen molar-refractivity contribution in [3.63, 3.8) is 0 Å². The van der Waals surface area contributed by atoms with Crippen LogP contribution in [0, 0.1) is 17.0 Å². The van der Waals surface area contributed by atoms with Gasteiger partial charge in [-0.05, 0) is 32.8 Å². The summed E-state index contributed by atoms with van der Waals surface area (Å²) >= 11 is 0. The molecule has 0 spiro atoms. The third-order valence-corrected chi connectivity index (χ3v) is 4.59. The summed E-state index contributed by atoms with van der Waals surface area (Å²) in [6.45, 7) is 4.63. The molecular formula is C13H19NO5S. The van der Waals surface area contributed by atoms with Crippen LogP contribution < -0.4 is 0 Å². The van der Waals surface area contributed by atoms with Crippen LogP contribution in [0.25, 0.3) is 0 Å². The summed E-state index contributed by atoms with van der Waals surface area (Å²) in [5.74, 6) is -0.408. The Morgan fingerprint density at radius 2 is 1.95 bits per heavy atom. The van der Waals surface area contributed by atoms with E-state index in [1.807, 2.05) is 0 Å². The summed E-state index contributed by atoms with van der Waals surface area (Å²) in [5.41, 5.74) is -0.343. The molecule has 0 aliphatic heterocycles. The second kappa shape index (κ2) is 5.88. The minimum absolute atomic E-state index is 0.0832. The van der Waals surface area contributed by atoms with E-state index in [-0.39, 0.29) is 23.6 Å². The first-order valence-electron chi connectivity index (χ1n) is 6.17. The Balaban J connectivity index is 2.93. The molecular weight excluding hydrogens is 282 g/mol. The van der Waals surface area contributed by atoms with E-state index in [4.69, 9.17) is 0 Å². The third kappa shape index (κ3) is 4.90. The lowest BCUT2D eigenvalue weighted by atomic mass is 10.1. The predicted octanol–water partition coefficient (Wildman–Crippen LogP) is 1.98. The first kappa shape index (κ1) is 16.6. The van der Waals surface area contributed by atoms with Gasteiger partial charge in [-0.15, -0.1) is 0 Å². The Labute approximate surface area is 118 Å². The molecule has 0 radical (unpaired) electrons. The van der Waals surface area contributed by atoms with Gasteiger partial charge in [-0.3, -0.25) is 10.1 Å². The molecule has 6 nitrogen and oxygen atoms in total. The van der Waals surface area contributed by atoms with E-state index in [2.05, 4.69) is 0 Å². The lowest BCUT2D eigenvalue weighted by Gasteiger charge is -2.16. The molecule has 0 fully saturated rings. The van der Waals surface area contributed by atoms with E-state index in [0.717, 1.165) is 0 Å². The minimum Gasteiger partial charge on any atom is -0.390 e. The molecule has 0 atom stereocenters. The summed E-state index contributed by atoms with van der Waals surface area (Å²) in [6, 6.07) is 4.40. The molecule has 1 rings (SSSR count). The van der Waals surface area contributed by atoms with Crippen LogP contribution in [0.15, 0.2) is 18.2 Å². The van der Waals surface area contributed by atoms with E-state index in [9.17, 15) is 23.6 Å². The van der Waals surface area contributed by atoms with Gasteiger partial charge in [0.15, 0.2) is 9.84 Å². The van der Waals surface area contributed by atoms with Crippen LogP contribution in [0.1, 0.15) is 31.4 Å². The average molecular weight is 301 g/mol. The van der Waals surface area contributed by atoms with Crippen molar-refractivity contribution in [1.29, 1.82) is 0 Å². The quantitative estimate of drug-likeness (QED) is 0.640. The third-order valence-electron chi connectivity index (χ3n) is 3.01. The SMILES string of the molecule is Cc1c(CS(=O)(=O)CCC(C)(C)O)cccc1[N+](=O)[O-]. The lowest BCUT2D eigenvalue weighted by molar-refractivity contribution is -0.385. The standard InChI is InChI=1S/C13H19NO5S/c1-10-11(5-4-6-12(10)14(16)17)9-20(18,19)8-7-13(2,3)15/h4-6,15H,7-9H2,1-3H3. The monoisotopic (exact) mass is 301 g/mol. The molecule has 1 aromatic rings. The number of hydrogen-bond acceptors (Lipinski definition) is 5. The van der Waals surface area contributed by atoms with Crippen molar-refractivity contribution in [2.24, 2.45) is 0 Å². The van der Waals surface area contributed by atoms with Gasteiger partial charge < -0.3 is 5.11 Å². The Morgan fingerprint density at radius 1 is 1.35 bits per heavy atom. The van der Waals surface area contributed by atoms with Crippen molar-refractivity contribution in [1.82, 2.24) is 0 Å². The molecule has 112 valence electrons. The van der Waals surface area contributed by atoms with Gasteiger partial charge >= 0.3 is 0 Å².